The fourth-order valence-electron chi connectivity index (χ4n) is 6.50. The van der Waals surface area contributed by atoms with Gasteiger partial charge in [0.1, 0.15) is 23.7 Å². The van der Waals surface area contributed by atoms with Gasteiger partial charge in [-0.2, -0.15) is 0 Å². The summed E-state index contributed by atoms with van der Waals surface area (Å²) < 4.78 is 5.62. The number of aromatic nitrogens is 2. The minimum absolute atomic E-state index is 0.0171. The molecule has 51 heavy (non-hydrogen) atoms. The molecule has 5 rings (SSSR count). The predicted molar refractivity (Wildman–Crippen MR) is 202 cm³/mol. The van der Waals surface area contributed by atoms with Crippen LogP contribution in [-0.4, -0.2) is 114 Å². The van der Waals surface area contributed by atoms with Crippen LogP contribution in [0.4, 0.5) is 17.2 Å². The molecule has 0 spiro atoms. The zero-order chi connectivity index (χ0) is 36.7. The Morgan fingerprint density at radius 2 is 1.82 bits per heavy atom. The van der Waals surface area contributed by atoms with E-state index in [9.17, 15) is 9.59 Å². The van der Waals surface area contributed by atoms with Gasteiger partial charge in [0, 0.05) is 74.9 Å². The van der Waals surface area contributed by atoms with Crippen molar-refractivity contribution in [1.29, 1.82) is 5.41 Å². The van der Waals surface area contributed by atoms with Crippen LogP contribution in [0.25, 0.3) is 0 Å². The first kappa shape index (κ1) is 36.9. The van der Waals surface area contributed by atoms with E-state index in [1.54, 1.807) is 42.4 Å². The number of nitrogen functional groups attached to an aromatic ring is 1. The number of pyridine rings is 2. The highest BCUT2D eigenvalue weighted by Gasteiger charge is 2.35. The third kappa shape index (κ3) is 8.87. The Labute approximate surface area is 299 Å². The Balaban J connectivity index is 1.16. The molecule has 2 fully saturated rings. The van der Waals surface area contributed by atoms with E-state index in [1.807, 2.05) is 49.9 Å². The van der Waals surface area contributed by atoms with Crippen LogP contribution in [0.1, 0.15) is 50.9 Å². The lowest BCUT2D eigenvalue weighted by atomic mass is 10.1. The van der Waals surface area contributed by atoms with E-state index < -0.39 is 0 Å². The molecule has 2 saturated heterocycles. The number of aliphatic imine (C=N–C) groups is 2. The van der Waals surface area contributed by atoms with E-state index in [-0.39, 0.29) is 47.8 Å². The van der Waals surface area contributed by atoms with Gasteiger partial charge in [-0.05, 0) is 83.1 Å². The van der Waals surface area contributed by atoms with Gasteiger partial charge in [-0.15, -0.1) is 0 Å². The van der Waals surface area contributed by atoms with Gasteiger partial charge >= 0.3 is 0 Å². The number of nitrogens with one attached hydrogen (secondary N) is 1. The monoisotopic (exact) mass is 695 g/mol. The minimum atomic E-state index is -0.275. The minimum Gasteiger partial charge on any atom is -0.475 e. The van der Waals surface area contributed by atoms with Gasteiger partial charge in [0.2, 0.25) is 17.7 Å². The van der Waals surface area contributed by atoms with Crippen LogP contribution in [0.2, 0.25) is 0 Å². The molecule has 0 saturated carbocycles. The number of rotatable bonds is 12. The number of ether oxygens (including phenoxy) is 1. The molecule has 2 atom stereocenters. The topological polar surface area (TPSA) is 183 Å². The molecule has 14 nitrogen and oxygen atoms in total. The van der Waals surface area contributed by atoms with Crippen molar-refractivity contribution >= 4 is 46.9 Å². The van der Waals surface area contributed by atoms with E-state index in [2.05, 4.69) is 36.7 Å². The van der Waals surface area contributed by atoms with Crippen molar-refractivity contribution in [3.8, 4) is 5.88 Å². The van der Waals surface area contributed by atoms with Crippen LogP contribution < -0.4 is 26.0 Å². The molecule has 2 aliphatic rings. The number of likely N-dealkylation sites (tertiary alicyclic amines) is 1. The molecule has 0 aliphatic carbocycles. The third-order valence-corrected chi connectivity index (χ3v) is 9.16. The lowest BCUT2D eigenvalue weighted by molar-refractivity contribution is -0.134. The van der Waals surface area contributed by atoms with Crippen molar-refractivity contribution in [3.05, 3.63) is 71.5 Å². The van der Waals surface area contributed by atoms with E-state index in [1.165, 1.54) is 6.34 Å². The first-order valence-corrected chi connectivity index (χ1v) is 17.4. The average Bonchev–Trinajstić information content (AvgIpc) is 3.59. The summed E-state index contributed by atoms with van der Waals surface area (Å²) in [7, 11) is 1.64. The van der Waals surface area contributed by atoms with Crippen LogP contribution in [0.3, 0.4) is 0 Å². The highest BCUT2D eigenvalue weighted by atomic mass is 16.5. The molecule has 0 bridgehead atoms. The molecular formula is C37H49N11O3. The van der Waals surface area contributed by atoms with E-state index in [0.29, 0.717) is 67.9 Å². The fraction of sp³-hybridized carbons (Fsp3) is 0.432. The third-order valence-electron chi connectivity index (χ3n) is 9.16. The van der Waals surface area contributed by atoms with Crippen LogP contribution in [0.15, 0.2) is 64.7 Å². The molecule has 270 valence electrons. The number of anilines is 3. The molecule has 2 aliphatic heterocycles. The molecule has 0 unspecified atom stereocenters. The second kappa shape index (κ2) is 16.6. The van der Waals surface area contributed by atoms with Gasteiger partial charge in [-0.25, -0.2) is 15.0 Å². The molecule has 4 heterocycles. The van der Waals surface area contributed by atoms with E-state index in [4.69, 9.17) is 21.6 Å². The summed E-state index contributed by atoms with van der Waals surface area (Å²) in [6, 6.07) is 14.8. The van der Waals surface area contributed by atoms with Gasteiger partial charge in [0.25, 0.3) is 0 Å². The molecule has 2 amide bonds. The van der Waals surface area contributed by atoms with Crippen molar-refractivity contribution in [3.63, 3.8) is 0 Å². The second-order valence-corrected chi connectivity index (χ2v) is 13.2. The molecule has 14 heteroatoms. The number of piperazine rings is 1. The summed E-state index contributed by atoms with van der Waals surface area (Å²) in [5, 5.41) is 8.79. The summed E-state index contributed by atoms with van der Waals surface area (Å²) in [6.07, 6.45) is 3.62. The average molecular weight is 696 g/mol. The lowest BCUT2D eigenvalue weighted by Crippen LogP contribution is -2.56. The number of carbonyl (C=O) groups excluding carboxylic acids is 2. The Kier molecular flexibility index (Phi) is 12.0. The van der Waals surface area contributed by atoms with Crippen molar-refractivity contribution in [2.45, 2.75) is 46.3 Å². The molecule has 2 aromatic heterocycles. The number of hydrogen-bond acceptors (Lipinski definition) is 10. The fourth-order valence-corrected chi connectivity index (χ4v) is 6.50. The second-order valence-electron chi connectivity index (χ2n) is 13.2. The Bertz CT molecular complexity index is 1760. The maximum absolute atomic E-state index is 13.8. The van der Waals surface area contributed by atoms with Crippen molar-refractivity contribution < 1.29 is 14.3 Å². The summed E-state index contributed by atoms with van der Waals surface area (Å²) in [5.74, 6) is 1.05. The lowest BCUT2D eigenvalue weighted by Gasteiger charge is -2.41. The number of nitrogens with two attached hydrogens (primary N) is 2. The van der Waals surface area contributed by atoms with Gasteiger partial charge in [-0.3, -0.25) is 29.8 Å². The zero-order valence-electron chi connectivity index (χ0n) is 30.1. The smallest absolute Gasteiger partial charge is 0.237 e. The number of amides is 2. The summed E-state index contributed by atoms with van der Waals surface area (Å²) in [5.41, 5.74) is 15.4. The first-order chi connectivity index (χ1) is 24.5. The predicted octanol–water partition coefficient (Wildman–Crippen LogP) is 3.04. The van der Waals surface area contributed by atoms with Crippen LogP contribution in [-0.2, 0) is 9.59 Å². The van der Waals surface area contributed by atoms with Crippen LogP contribution in [0, 0.1) is 11.3 Å². The maximum atomic E-state index is 13.8. The largest absolute Gasteiger partial charge is 0.475 e. The Morgan fingerprint density at radius 1 is 1.08 bits per heavy atom. The SMILES string of the molecule is CCN(C(=O)[C@@H]1CCN(CC(=O)N2CCN(c3ccc(C(N)=NC=NC)cc3)C[C@H]2C)C1)c1ccc(N)c(C(=N)c2ccc(OC(C)C)nc2)n1. The quantitative estimate of drug-likeness (QED) is 0.189. The van der Waals surface area contributed by atoms with Crippen molar-refractivity contribution in [2.75, 3.05) is 68.4 Å². The first-order valence-electron chi connectivity index (χ1n) is 17.4. The van der Waals surface area contributed by atoms with E-state index >= 15 is 0 Å². The normalized spacial score (nSPS) is 18.4. The highest BCUT2D eigenvalue weighted by Crippen LogP contribution is 2.26. The zero-order valence-corrected chi connectivity index (χ0v) is 30.1. The number of carbonyl (C=O) groups is 2. The number of amidine groups is 1. The van der Waals surface area contributed by atoms with Gasteiger partial charge < -0.3 is 26.0 Å². The van der Waals surface area contributed by atoms with Gasteiger partial charge in [-0.1, -0.05) is 0 Å². The maximum Gasteiger partial charge on any atom is 0.237 e. The van der Waals surface area contributed by atoms with Crippen LogP contribution in [0.5, 0.6) is 5.88 Å². The van der Waals surface area contributed by atoms with Gasteiger partial charge in [0.05, 0.1) is 30.0 Å². The highest BCUT2D eigenvalue weighted by molar-refractivity contribution is 6.12. The number of benzene rings is 1. The standard InChI is InChI=1S/C37H49N11O3/c1-6-47(31-13-12-30(38)35(44-31)34(39)27-9-14-32(42-19-27)51-24(2)3)37(50)28-15-16-45(21-28)22-33(49)48-18-17-46(20-25(48)4)29-10-7-26(8-11-29)36(40)43-23-41-5/h7-14,19,23-25,28,39H,6,15-18,20-22,38H2,1-5H3,(H2,40,41,43)/t25-,28-/m1/s1. The molecular weight excluding hydrogens is 646 g/mol. The molecule has 1 aromatic carbocycles. The summed E-state index contributed by atoms with van der Waals surface area (Å²) >= 11 is 0. The van der Waals surface area contributed by atoms with E-state index in [0.717, 1.165) is 17.8 Å². The Hall–Kier alpha value is -5.37. The molecule has 5 N–H and O–H groups in total. The van der Waals surface area contributed by atoms with Crippen LogP contribution >= 0.6 is 0 Å². The van der Waals surface area contributed by atoms with Crippen molar-refractivity contribution in [1.82, 2.24) is 19.8 Å². The summed E-state index contributed by atoms with van der Waals surface area (Å²) in [6.45, 7) is 11.7. The number of nitrogens with zero attached hydrogens (tertiary/aromatic N) is 8. The number of hydrogen-bond donors (Lipinski definition) is 3. The Morgan fingerprint density at radius 3 is 2.47 bits per heavy atom. The molecule has 3 aromatic rings. The molecule has 0 radical (unpaired) electrons. The summed E-state index contributed by atoms with van der Waals surface area (Å²) in [4.78, 5) is 52.2. The van der Waals surface area contributed by atoms with Gasteiger partial charge in [0.15, 0.2) is 0 Å². The van der Waals surface area contributed by atoms with Crippen molar-refractivity contribution in [2.24, 2.45) is 21.6 Å².